The Labute approximate surface area is 137 Å². The molecule has 2 heterocycles. The molecule has 3 rings (SSSR count). The lowest BCUT2D eigenvalue weighted by Gasteiger charge is -2.13. The maximum Gasteiger partial charge on any atom is 0.326 e. The summed E-state index contributed by atoms with van der Waals surface area (Å²) in [6, 6.07) is -0.835. The van der Waals surface area contributed by atoms with Crippen molar-refractivity contribution in [3.05, 3.63) is 23.0 Å². The predicted molar refractivity (Wildman–Crippen MR) is 85.3 cm³/mol. The second-order valence-electron chi connectivity index (χ2n) is 5.88. The van der Waals surface area contributed by atoms with E-state index < -0.39 is 12.0 Å². The molecule has 0 spiro atoms. The van der Waals surface area contributed by atoms with Crippen LogP contribution in [0.3, 0.4) is 0 Å². The van der Waals surface area contributed by atoms with Gasteiger partial charge < -0.3 is 10.4 Å². The van der Waals surface area contributed by atoms with Gasteiger partial charge in [-0.25, -0.2) is 9.78 Å². The molecule has 1 amide bonds. The minimum atomic E-state index is -0.986. The van der Waals surface area contributed by atoms with Gasteiger partial charge in [0.15, 0.2) is 0 Å². The summed E-state index contributed by atoms with van der Waals surface area (Å²) < 4.78 is 1.67. The van der Waals surface area contributed by atoms with Crippen LogP contribution >= 0.6 is 11.3 Å². The number of carboxylic acids is 1. The SMILES string of the molecule is Cc1nc(-c2cnn(C)c2)sc1C(=O)NC(CC1CC1)C(=O)O. The molecule has 0 saturated heterocycles. The van der Waals surface area contributed by atoms with Crippen LogP contribution in [0.1, 0.15) is 34.6 Å². The third-order valence-electron chi connectivity index (χ3n) is 3.82. The van der Waals surface area contributed by atoms with Crippen LogP contribution < -0.4 is 5.32 Å². The van der Waals surface area contributed by atoms with E-state index in [2.05, 4.69) is 15.4 Å². The van der Waals surface area contributed by atoms with Crippen molar-refractivity contribution in [1.82, 2.24) is 20.1 Å². The van der Waals surface area contributed by atoms with Crippen LogP contribution in [0.5, 0.6) is 0 Å². The number of carbonyl (C=O) groups is 2. The summed E-state index contributed by atoms with van der Waals surface area (Å²) in [5.74, 6) is -0.937. The van der Waals surface area contributed by atoms with Crippen molar-refractivity contribution in [3.8, 4) is 10.6 Å². The molecule has 1 saturated carbocycles. The van der Waals surface area contributed by atoms with Gasteiger partial charge in [0.1, 0.15) is 15.9 Å². The number of rotatable bonds is 6. The molecule has 1 atom stereocenters. The zero-order valence-electron chi connectivity index (χ0n) is 12.9. The van der Waals surface area contributed by atoms with Crippen LogP contribution in [0.2, 0.25) is 0 Å². The number of carboxylic acid groups (broad SMARTS) is 1. The summed E-state index contributed by atoms with van der Waals surface area (Å²) in [6.07, 6.45) is 6.10. The molecule has 2 aromatic rings. The number of thiazole rings is 1. The van der Waals surface area contributed by atoms with Crippen LogP contribution in [-0.4, -0.2) is 37.8 Å². The van der Waals surface area contributed by atoms with E-state index in [0.717, 1.165) is 18.4 Å². The van der Waals surface area contributed by atoms with E-state index in [1.165, 1.54) is 11.3 Å². The lowest BCUT2D eigenvalue weighted by Crippen LogP contribution is -2.41. The summed E-state index contributed by atoms with van der Waals surface area (Å²) in [4.78, 5) is 28.6. The topological polar surface area (TPSA) is 97.1 Å². The zero-order chi connectivity index (χ0) is 16.6. The van der Waals surface area contributed by atoms with Crippen LogP contribution in [-0.2, 0) is 11.8 Å². The van der Waals surface area contributed by atoms with E-state index in [-0.39, 0.29) is 5.91 Å². The Balaban J connectivity index is 1.76. The van der Waals surface area contributed by atoms with E-state index >= 15 is 0 Å². The highest BCUT2D eigenvalue weighted by atomic mass is 32.1. The van der Waals surface area contributed by atoms with Gasteiger partial charge in [-0.15, -0.1) is 11.3 Å². The van der Waals surface area contributed by atoms with E-state index in [0.29, 0.717) is 27.9 Å². The molecule has 8 heteroatoms. The highest BCUT2D eigenvalue weighted by molar-refractivity contribution is 7.17. The van der Waals surface area contributed by atoms with E-state index in [9.17, 15) is 14.7 Å². The van der Waals surface area contributed by atoms with Crippen LogP contribution in [0.4, 0.5) is 0 Å². The number of nitrogens with one attached hydrogen (secondary N) is 1. The number of amides is 1. The van der Waals surface area contributed by atoms with Gasteiger partial charge in [-0.3, -0.25) is 9.48 Å². The van der Waals surface area contributed by atoms with Crippen molar-refractivity contribution >= 4 is 23.2 Å². The molecule has 0 bridgehead atoms. The predicted octanol–water partition coefficient (Wildman–Crippen LogP) is 1.84. The Hall–Kier alpha value is -2.22. The summed E-state index contributed by atoms with van der Waals surface area (Å²) in [5.41, 5.74) is 1.44. The van der Waals surface area contributed by atoms with Crippen LogP contribution in [0.25, 0.3) is 10.6 Å². The first-order valence-electron chi connectivity index (χ1n) is 7.44. The van der Waals surface area contributed by atoms with E-state index in [1.807, 2.05) is 13.2 Å². The van der Waals surface area contributed by atoms with Crippen molar-refractivity contribution in [2.24, 2.45) is 13.0 Å². The molecule has 1 fully saturated rings. The van der Waals surface area contributed by atoms with Crippen molar-refractivity contribution in [2.75, 3.05) is 0 Å². The number of nitrogens with zero attached hydrogens (tertiary/aromatic N) is 3. The Morgan fingerprint density at radius 3 is 2.83 bits per heavy atom. The average Bonchev–Trinajstić information content (AvgIpc) is 3.06. The number of aryl methyl sites for hydroxylation is 2. The smallest absolute Gasteiger partial charge is 0.326 e. The van der Waals surface area contributed by atoms with Gasteiger partial charge in [-0.05, 0) is 19.3 Å². The maximum atomic E-state index is 12.4. The van der Waals surface area contributed by atoms with Crippen molar-refractivity contribution in [1.29, 1.82) is 0 Å². The third-order valence-corrected chi connectivity index (χ3v) is 5.03. The molecule has 1 aliphatic rings. The molecular formula is C15H18N4O3S. The fourth-order valence-electron chi connectivity index (χ4n) is 2.39. The number of aromatic nitrogens is 3. The van der Waals surface area contributed by atoms with Gasteiger partial charge in [0.05, 0.1) is 11.9 Å². The van der Waals surface area contributed by atoms with Gasteiger partial charge in [0.2, 0.25) is 0 Å². The molecule has 23 heavy (non-hydrogen) atoms. The standard InChI is InChI=1S/C15H18N4O3S/c1-8-12(23-14(17-8)10-6-16-19(2)7-10)13(20)18-11(15(21)22)5-9-3-4-9/h6-7,9,11H,3-5H2,1-2H3,(H,18,20)(H,21,22). The minimum absolute atomic E-state index is 0.372. The van der Waals surface area contributed by atoms with Crippen molar-refractivity contribution < 1.29 is 14.7 Å². The molecule has 1 unspecified atom stereocenters. The third kappa shape index (κ3) is 3.58. The van der Waals surface area contributed by atoms with Crippen LogP contribution in [0, 0.1) is 12.8 Å². The number of carbonyl (C=O) groups excluding carboxylic acids is 1. The van der Waals surface area contributed by atoms with Gasteiger partial charge in [0, 0.05) is 18.8 Å². The number of hydrogen-bond donors (Lipinski definition) is 2. The van der Waals surface area contributed by atoms with Gasteiger partial charge in [0.25, 0.3) is 5.91 Å². The maximum absolute atomic E-state index is 12.4. The fraction of sp³-hybridized carbons (Fsp3) is 0.467. The molecule has 122 valence electrons. The molecule has 7 nitrogen and oxygen atoms in total. The minimum Gasteiger partial charge on any atom is -0.480 e. The number of aliphatic carboxylic acids is 1. The first-order chi connectivity index (χ1) is 10.9. The van der Waals surface area contributed by atoms with E-state index in [1.54, 1.807) is 17.8 Å². The Morgan fingerprint density at radius 1 is 1.52 bits per heavy atom. The summed E-state index contributed by atoms with van der Waals surface area (Å²) in [6.45, 7) is 1.75. The van der Waals surface area contributed by atoms with Gasteiger partial charge in [-0.1, -0.05) is 12.8 Å². The Kier molecular flexibility index (Phi) is 4.16. The first kappa shape index (κ1) is 15.7. The highest BCUT2D eigenvalue weighted by Gasteiger charge is 2.31. The number of hydrogen-bond acceptors (Lipinski definition) is 5. The average molecular weight is 334 g/mol. The molecule has 2 aromatic heterocycles. The Morgan fingerprint density at radius 2 is 2.26 bits per heavy atom. The van der Waals surface area contributed by atoms with E-state index in [4.69, 9.17) is 0 Å². The second kappa shape index (κ2) is 6.11. The van der Waals surface area contributed by atoms with Gasteiger partial charge >= 0.3 is 5.97 Å². The zero-order valence-corrected chi connectivity index (χ0v) is 13.8. The van der Waals surface area contributed by atoms with Crippen molar-refractivity contribution in [3.63, 3.8) is 0 Å². The fourth-order valence-corrected chi connectivity index (χ4v) is 3.34. The quantitative estimate of drug-likeness (QED) is 0.840. The lowest BCUT2D eigenvalue weighted by molar-refractivity contribution is -0.139. The molecule has 1 aliphatic carbocycles. The monoisotopic (exact) mass is 334 g/mol. The van der Waals surface area contributed by atoms with Crippen molar-refractivity contribution in [2.45, 2.75) is 32.2 Å². The molecule has 0 aliphatic heterocycles. The lowest BCUT2D eigenvalue weighted by atomic mass is 10.1. The Bertz CT molecular complexity index is 748. The van der Waals surface area contributed by atoms with Gasteiger partial charge in [-0.2, -0.15) is 5.10 Å². The summed E-state index contributed by atoms with van der Waals surface area (Å²) in [7, 11) is 1.81. The molecule has 0 aromatic carbocycles. The second-order valence-corrected chi connectivity index (χ2v) is 6.88. The molecule has 0 radical (unpaired) electrons. The van der Waals surface area contributed by atoms with Crippen LogP contribution in [0.15, 0.2) is 12.4 Å². The highest BCUT2D eigenvalue weighted by Crippen LogP contribution is 2.34. The molecular weight excluding hydrogens is 316 g/mol. The summed E-state index contributed by atoms with van der Waals surface area (Å²) >= 11 is 1.25. The largest absolute Gasteiger partial charge is 0.480 e. The molecule has 2 N–H and O–H groups in total. The first-order valence-corrected chi connectivity index (χ1v) is 8.26. The summed E-state index contributed by atoms with van der Waals surface area (Å²) in [5, 5.41) is 16.7. The normalized spacial score (nSPS) is 15.4.